The first-order chi connectivity index (χ1) is 12.1. The quantitative estimate of drug-likeness (QED) is 0.787. The van der Waals surface area contributed by atoms with E-state index < -0.39 is 15.4 Å². The standard InChI is InChI=1S/C17H20BrFN4O2S/c1-4-23-9-12(8-15(23)26(3,24)25)17(10-22(2)16(20)21-17)11-5-6-14(19)13(18)7-11/h5-9H,4,10H2,1-3H3,(H2,20,21). The van der Waals surface area contributed by atoms with Crippen LogP contribution < -0.4 is 5.73 Å². The summed E-state index contributed by atoms with van der Waals surface area (Å²) in [5, 5.41) is 0.221. The summed E-state index contributed by atoms with van der Waals surface area (Å²) in [7, 11) is -1.59. The van der Waals surface area contributed by atoms with E-state index in [1.807, 2.05) is 14.0 Å². The number of likely N-dealkylation sites (N-methyl/N-ethyl adjacent to an activating group) is 1. The minimum atomic E-state index is -3.40. The number of sulfone groups is 1. The molecule has 2 N–H and O–H groups in total. The highest BCUT2D eigenvalue weighted by Gasteiger charge is 2.42. The van der Waals surface area contributed by atoms with Crippen LogP contribution in [0.5, 0.6) is 0 Å². The molecule has 0 aliphatic carbocycles. The molecule has 0 amide bonds. The number of hydrogen-bond donors (Lipinski definition) is 1. The molecule has 0 fully saturated rings. The third kappa shape index (κ3) is 3.03. The van der Waals surface area contributed by atoms with E-state index in [1.165, 1.54) is 12.3 Å². The molecule has 1 aliphatic heterocycles. The molecule has 1 unspecified atom stereocenters. The maximum absolute atomic E-state index is 13.7. The summed E-state index contributed by atoms with van der Waals surface area (Å²) in [6, 6.07) is 6.31. The van der Waals surface area contributed by atoms with Crippen molar-refractivity contribution < 1.29 is 12.8 Å². The van der Waals surface area contributed by atoms with E-state index in [9.17, 15) is 12.8 Å². The number of rotatable bonds is 4. The zero-order chi connectivity index (χ0) is 19.3. The molecular weight excluding hydrogens is 423 g/mol. The molecule has 6 nitrogen and oxygen atoms in total. The number of benzene rings is 1. The van der Waals surface area contributed by atoms with Gasteiger partial charge in [0, 0.05) is 31.6 Å². The van der Waals surface area contributed by atoms with Crippen LogP contribution in [0.2, 0.25) is 0 Å². The van der Waals surface area contributed by atoms with Crippen molar-refractivity contribution in [2.75, 3.05) is 19.8 Å². The average molecular weight is 443 g/mol. The Kier molecular flexibility index (Phi) is 4.64. The highest BCUT2D eigenvalue weighted by atomic mass is 79.9. The van der Waals surface area contributed by atoms with Crippen LogP contribution in [0.15, 0.2) is 45.0 Å². The third-order valence-corrected chi connectivity index (χ3v) is 6.33. The average Bonchev–Trinajstić information content (AvgIpc) is 3.12. The number of aryl methyl sites for hydroxylation is 1. The lowest BCUT2D eigenvalue weighted by Gasteiger charge is -2.27. The molecular formula is C17H20BrFN4O2S. The zero-order valence-electron chi connectivity index (χ0n) is 14.7. The lowest BCUT2D eigenvalue weighted by Crippen LogP contribution is -2.34. The van der Waals surface area contributed by atoms with Crippen LogP contribution in [0.4, 0.5) is 4.39 Å². The van der Waals surface area contributed by atoms with Crippen LogP contribution >= 0.6 is 15.9 Å². The van der Waals surface area contributed by atoms with Crippen molar-refractivity contribution in [3.63, 3.8) is 0 Å². The fourth-order valence-electron chi connectivity index (χ4n) is 3.25. The summed E-state index contributed by atoms with van der Waals surface area (Å²) in [4.78, 5) is 6.44. The van der Waals surface area contributed by atoms with Crippen molar-refractivity contribution in [2.45, 2.75) is 24.0 Å². The van der Waals surface area contributed by atoms with Crippen LogP contribution in [0.3, 0.4) is 0 Å². The van der Waals surface area contributed by atoms with Crippen molar-refractivity contribution >= 4 is 31.7 Å². The monoisotopic (exact) mass is 442 g/mol. The first-order valence-electron chi connectivity index (χ1n) is 8.01. The number of guanidine groups is 1. The Bertz CT molecular complexity index is 1000. The Hall–Kier alpha value is -1.87. The molecule has 9 heteroatoms. The predicted octanol–water partition coefficient (Wildman–Crippen LogP) is 2.32. The van der Waals surface area contributed by atoms with Gasteiger partial charge in [0.2, 0.25) is 0 Å². The molecule has 26 heavy (non-hydrogen) atoms. The van der Waals surface area contributed by atoms with E-state index >= 15 is 0 Å². The molecule has 3 rings (SSSR count). The Morgan fingerprint density at radius 1 is 1.35 bits per heavy atom. The van der Waals surface area contributed by atoms with Crippen LogP contribution in [0.25, 0.3) is 0 Å². The van der Waals surface area contributed by atoms with Gasteiger partial charge in [0.15, 0.2) is 15.8 Å². The van der Waals surface area contributed by atoms with E-state index in [1.54, 1.807) is 33.9 Å². The largest absolute Gasteiger partial charge is 0.370 e. The van der Waals surface area contributed by atoms with Crippen LogP contribution in [0, 0.1) is 5.82 Å². The van der Waals surface area contributed by atoms with E-state index in [4.69, 9.17) is 5.73 Å². The molecule has 0 saturated carbocycles. The second-order valence-corrected chi connectivity index (χ2v) is 9.26. The summed E-state index contributed by atoms with van der Waals surface area (Å²) in [5.41, 5.74) is 6.54. The number of aliphatic imine (C=N–C) groups is 1. The van der Waals surface area contributed by atoms with Gasteiger partial charge in [-0.2, -0.15) is 0 Å². The van der Waals surface area contributed by atoms with Gasteiger partial charge in [0.1, 0.15) is 16.4 Å². The first kappa shape index (κ1) is 18.9. The third-order valence-electron chi connectivity index (χ3n) is 4.61. The molecule has 1 aromatic heterocycles. The topological polar surface area (TPSA) is 80.7 Å². The van der Waals surface area contributed by atoms with Crippen molar-refractivity contribution in [1.82, 2.24) is 9.47 Å². The number of halogens is 2. The summed E-state index contributed by atoms with van der Waals surface area (Å²) in [6.45, 7) is 2.80. The van der Waals surface area contributed by atoms with Gasteiger partial charge < -0.3 is 15.2 Å². The summed E-state index contributed by atoms with van der Waals surface area (Å²) >= 11 is 3.22. The molecule has 1 atom stereocenters. The van der Waals surface area contributed by atoms with Crippen molar-refractivity contribution in [1.29, 1.82) is 0 Å². The Morgan fingerprint density at radius 2 is 2.04 bits per heavy atom. The van der Waals surface area contributed by atoms with Crippen LogP contribution in [-0.2, 0) is 21.9 Å². The van der Waals surface area contributed by atoms with Gasteiger partial charge in [0.25, 0.3) is 0 Å². The summed E-state index contributed by atoms with van der Waals surface area (Å²) < 4.78 is 40.1. The van der Waals surface area contributed by atoms with E-state index in [0.717, 1.165) is 5.56 Å². The molecule has 0 spiro atoms. The van der Waals surface area contributed by atoms with Gasteiger partial charge in [0.05, 0.1) is 11.0 Å². The number of nitrogens with two attached hydrogens (primary N) is 1. The highest BCUT2D eigenvalue weighted by molar-refractivity contribution is 9.10. The second-order valence-electron chi connectivity index (χ2n) is 6.44. The zero-order valence-corrected chi connectivity index (χ0v) is 17.1. The molecule has 1 aliphatic rings. The van der Waals surface area contributed by atoms with Crippen molar-refractivity contribution in [2.24, 2.45) is 10.7 Å². The Balaban J connectivity index is 2.27. The van der Waals surface area contributed by atoms with Gasteiger partial charge in [-0.25, -0.2) is 17.8 Å². The second kappa shape index (κ2) is 6.38. The van der Waals surface area contributed by atoms with Crippen molar-refractivity contribution in [3.8, 4) is 0 Å². The summed E-state index contributed by atoms with van der Waals surface area (Å²) in [6.07, 6.45) is 2.96. The van der Waals surface area contributed by atoms with E-state index in [-0.39, 0.29) is 10.8 Å². The first-order valence-corrected chi connectivity index (χ1v) is 10.7. The van der Waals surface area contributed by atoms with Crippen LogP contribution in [-0.4, -0.2) is 43.7 Å². The molecule has 2 heterocycles. The Morgan fingerprint density at radius 3 is 2.50 bits per heavy atom. The van der Waals surface area contributed by atoms with Gasteiger partial charge in [-0.1, -0.05) is 6.07 Å². The molecule has 0 radical (unpaired) electrons. The number of nitrogens with zero attached hydrogens (tertiary/aromatic N) is 3. The fourth-order valence-corrected chi connectivity index (χ4v) is 4.58. The van der Waals surface area contributed by atoms with Gasteiger partial charge >= 0.3 is 0 Å². The Labute approximate surface area is 160 Å². The fraction of sp³-hybridized carbons (Fsp3) is 0.353. The van der Waals surface area contributed by atoms with Crippen molar-refractivity contribution in [3.05, 3.63) is 51.9 Å². The van der Waals surface area contributed by atoms with E-state index in [2.05, 4.69) is 20.9 Å². The van der Waals surface area contributed by atoms with Gasteiger partial charge in [-0.15, -0.1) is 0 Å². The van der Waals surface area contributed by atoms with Gasteiger partial charge in [-0.05, 0) is 46.6 Å². The normalized spacial score (nSPS) is 20.5. The lowest BCUT2D eigenvalue weighted by atomic mass is 9.85. The predicted molar refractivity (Wildman–Crippen MR) is 102 cm³/mol. The number of aromatic nitrogens is 1. The lowest BCUT2D eigenvalue weighted by molar-refractivity contribution is 0.431. The molecule has 0 saturated heterocycles. The smallest absolute Gasteiger partial charge is 0.192 e. The minimum Gasteiger partial charge on any atom is -0.370 e. The summed E-state index contributed by atoms with van der Waals surface area (Å²) in [5.74, 6) is -0.0363. The SMILES string of the molecule is CCn1cc(C2(c3ccc(F)c(Br)c3)CN(C)C(N)=N2)cc1S(C)(=O)=O. The van der Waals surface area contributed by atoms with Crippen LogP contribution in [0.1, 0.15) is 18.1 Å². The maximum Gasteiger partial charge on any atom is 0.192 e. The maximum atomic E-state index is 13.7. The molecule has 140 valence electrons. The highest BCUT2D eigenvalue weighted by Crippen LogP contribution is 2.40. The number of hydrogen-bond acceptors (Lipinski definition) is 5. The molecule has 1 aromatic carbocycles. The van der Waals surface area contributed by atoms with E-state index in [0.29, 0.717) is 29.1 Å². The molecule has 0 bridgehead atoms. The minimum absolute atomic E-state index is 0.221. The van der Waals surface area contributed by atoms with Gasteiger partial charge in [-0.3, -0.25) is 0 Å². The molecule has 2 aromatic rings.